The van der Waals surface area contributed by atoms with Gasteiger partial charge in [0.2, 0.25) is 0 Å². The summed E-state index contributed by atoms with van der Waals surface area (Å²) < 4.78 is 6.45. The van der Waals surface area contributed by atoms with E-state index < -0.39 is 8.32 Å². The standard InChI is InChI=1S/C17H32O2Si/c1-7-17(11-8-14-18)12-9-15(10-13-17)19-20(5,6)16(2,3)4/h7,9,12,15,18H,1,8,10-11,13-14H2,2-6H3/t15-,17+/m1/s1. The molecular formula is C17H32O2Si. The highest BCUT2D eigenvalue weighted by Gasteiger charge is 2.40. The lowest BCUT2D eigenvalue weighted by Gasteiger charge is -2.41. The van der Waals surface area contributed by atoms with Crippen molar-refractivity contribution in [1.82, 2.24) is 0 Å². The summed E-state index contributed by atoms with van der Waals surface area (Å²) in [4.78, 5) is 0. The van der Waals surface area contributed by atoms with Gasteiger partial charge in [-0.2, -0.15) is 0 Å². The number of hydrogen-bond acceptors (Lipinski definition) is 2. The molecule has 0 saturated carbocycles. The van der Waals surface area contributed by atoms with E-state index in [9.17, 15) is 0 Å². The third-order valence-electron chi connectivity index (χ3n) is 5.00. The Kier molecular flexibility index (Phi) is 5.82. The van der Waals surface area contributed by atoms with E-state index in [4.69, 9.17) is 9.53 Å². The van der Waals surface area contributed by atoms with Gasteiger partial charge in [-0.1, -0.05) is 39.0 Å². The summed E-state index contributed by atoms with van der Waals surface area (Å²) in [6.45, 7) is 15.7. The van der Waals surface area contributed by atoms with Crippen molar-refractivity contribution >= 4 is 8.32 Å². The molecule has 2 atom stereocenters. The monoisotopic (exact) mass is 296 g/mol. The Hall–Kier alpha value is -0.383. The van der Waals surface area contributed by atoms with Crippen LogP contribution in [0.3, 0.4) is 0 Å². The van der Waals surface area contributed by atoms with E-state index in [1.165, 1.54) is 0 Å². The number of allylic oxidation sites excluding steroid dienone is 2. The molecule has 0 bridgehead atoms. The van der Waals surface area contributed by atoms with Crippen LogP contribution in [0.5, 0.6) is 0 Å². The molecule has 0 fully saturated rings. The van der Waals surface area contributed by atoms with Crippen LogP contribution in [-0.4, -0.2) is 26.1 Å². The minimum atomic E-state index is -1.69. The first-order valence-electron chi connectivity index (χ1n) is 7.77. The molecule has 0 unspecified atom stereocenters. The van der Waals surface area contributed by atoms with E-state index in [0.29, 0.717) is 0 Å². The zero-order valence-electron chi connectivity index (χ0n) is 13.9. The molecule has 0 radical (unpaired) electrons. The summed E-state index contributed by atoms with van der Waals surface area (Å²) in [7, 11) is -1.69. The smallest absolute Gasteiger partial charge is 0.192 e. The summed E-state index contributed by atoms with van der Waals surface area (Å²) in [5.74, 6) is 0. The molecule has 1 N–H and O–H groups in total. The van der Waals surface area contributed by atoms with Crippen LogP contribution in [0.15, 0.2) is 24.8 Å². The van der Waals surface area contributed by atoms with Gasteiger partial charge in [0.15, 0.2) is 8.32 Å². The van der Waals surface area contributed by atoms with Gasteiger partial charge in [-0.05, 0) is 43.8 Å². The summed E-state index contributed by atoms with van der Waals surface area (Å²) >= 11 is 0. The molecule has 0 amide bonds. The van der Waals surface area contributed by atoms with Crippen LogP contribution in [-0.2, 0) is 4.43 Å². The fourth-order valence-electron chi connectivity index (χ4n) is 2.43. The second-order valence-corrected chi connectivity index (χ2v) is 12.3. The topological polar surface area (TPSA) is 29.5 Å². The van der Waals surface area contributed by atoms with Gasteiger partial charge in [-0.3, -0.25) is 0 Å². The average Bonchev–Trinajstić information content (AvgIpc) is 2.37. The normalized spacial score (nSPS) is 27.6. The van der Waals surface area contributed by atoms with Crippen molar-refractivity contribution in [2.45, 2.75) is 70.7 Å². The summed E-state index contributed by atoms with van der Waals surface area (Å²) in [5.41, 5.74) is 0.0655. The van der Waals surface area contributed by atoms with E-state index in [-0.39, 0.29) is 23.2 Å². The number of aliphatic hydroxyl groups excluding tert-OH is 1. The minimum absolute atomic E-state index is 0.0655. The molecule has 1 aliphatic carbocycles. The fraction of sp³-hybridized carbons (Fsp3) is 0.765. The van der Waals surface area contributed by atoms with Gasteiger partial charge in [0.25, 0.3) is 0 Å². The molecule has 0 aromatic heterocycles. The molecule has 1 aliphatic rings. The van der Waals surface area contributed by atoms with Crippen molar-refractivity contribution in [3.63, 3.8) is 0 Å². The SMILES string of the molecule is C=C[C@]1(CCCO)C=C[C@@H](O[Si](C)(C)C(C)(C)C)CC1. The minimum Gasteiger partial charge on any atom is -0.411 e. The van der Waals surface area contributed by atoms with Crippen molar-refractivity contribution in [2.75, 3.05) is 6.61 Å². The lowest BCUT2D eigenvalue weighted by atomic mass is 9.75. The van der Waals surface area contributed by atoms with Crippen molar-refractivity contribution in [2.24, 2.45) is 5.41 Å². The largest absolute Gasteiger partial charge is 0.411 e. The number of hydrogen-bond donors (Lipinski definition) is 1. The van der Waals surface area contributed by atoms with Crippen LogP contribution in [0.25, 0.3) is 0 Å². The van der Waals surface area contributed by atoms with Crippen molar-refractivity contribution < 1.29 is 9.53 Å². The molecule has 1 rings (SSSR count). The van der Waals surface area contributed by atoms with Crippen LogP contribution in [0.4, 0.5) is 0 Å². The average molecular weight is 297 g/mol. The molecule has 0 heterocycles. The van der Waals surface area contributed by atoms with Gasteiger partial charge >= 0.3 is 0 Å². The molecule has 0 aromatic rings. The van der Waals surface area contributed by atoms with Crippen LogP contribution >= 0.6 is 0 Å². The Morgan fingerprint density at radius 2 is 2.10 bits per heavy atom. The lowest BCUT2D eigenvalue weighted by Crippen LogP contribution is -2.44. The maximum atomic E-state index is 9.02. The zero-order valence-corrected chi connectivity index (χ0v) is 14.9. The van der Waals surface area contributed by atoms with Gasteiger partial charge in [0.1, 0.15) is 0 Å². The highest BCUT2D eigenvalue weighted by atomic mass is 28.4. The van der Waals surface area contributed by atoms with Gasteiger partial charge in [-0.15, -0.1) is 6.58 Å². The van der Waals surface area contributed by atoms with Crippen LogP contribution in [0.1, 0.15) is 46.5 Å². The first-order valence-corrected chi connectivity index (χ1v) is 10.7. The molecule has 0 aliphatic heterocycles. The van der Waals surface area contributed by atoms with Gasteiger partial charge in [-0.25, -0.2) is 0 Å². The molecule has 3 heteroatoms. The maximum absolute atomic E-state index is 9.02. The van der Waals surface area contributed by atoms with E-state index >= 15 is 0 Å². The van der Waals surface area contributed by atoms with Crippen LogP contribution < -0.4 is 0 Å². The number of aliphatic hydroxyl groups is 1. The molecule has 0 aromatic carbocycles. The van der Waals surface area contributed by atoms with Gasteiger partial charge in [0.05, 0.1) is 6.10 Å². The van der Waals surface area contributed by atoms with Crippen molar-refractivity contribution in [3.8, 4) is 0 Å². The second-order valence-electron chi connectivity index (χ2n) is 7.58. The number of rotatable bonds is 6. The third kappa shape index (κ3) is 4.30. The predicted octanol–water partition coefficient (Wildman–Crippen LogP) is 4.67. The molecule has 0 spiro atoms. The first-order chi connectivity index (χ1) is 9.16. The quantitative estimate of drug-likeness (QED) is 0.570. The molecular weight excluding hydrogens is 264 g/mol. The summed E-state index contributed by atoms with van der Waals surface area (Å²) in [5, 5.41) is 9.28. The Labute approximate surface area is 126 Å². The molecule has 0 saturated heterocycles. The second kappa shape index (κ2) is 6.59. The predicted molar refractivity (Wildman–Crippen MR) is 89.4 cm³/mol. The lowest BCUT2D eigenvalue weighted by molar-refractivity contribution is 0.179. The van der Waals surface area contributed by atoms with E-state index in [1.807, 2.05) is 6.08 Å². The first kappa shape index (κ1) is 17.7. The van der Waals surface area contributed by atoms with Crippen LogP contribution in [0.2, 0.25) is 18.1 Å². The van der Waals surface area contributed by atoms with Crippen molar-refractivity contribution in [3.05, 3.63) is 24.8 Å². The van der Waals surface area contributed by atoms with Gasteiger partial charge in [0, 0.05) is 12.0 Å². The van der Waals surface area contributed by atoms with E-state index in [2.05, 4.69) is 52.6 Å². The van der Waals surface area contributed by atoms with Crippen molar-refractivity contribution in [1.29, 1.82) is 0 Å². The Bertz CT molecular complexity index is 354. The van der Waals surface area contributed by atoms with Crippen LogP contribution in [0, 0.1) is 5.41 Å². The highest BCUT2D eigenvalue weighted by Crippen LogP contribution is 2.41. The van der Waals surface area contributed by atoms with Gasteiger partial charge < -0.3 is 9.53 Å². The Morgan fingerprint density at radius 1 is 1.45 bits per heavy atom. The summed E-state index contributed by atoms with van der Waals surface area (Å²) in [6, 6.07) is 0. The highest BCUT2D eigenvalue weighted by molar-refractivity contribution is 6.74. The zero-order chi connectivity index (χ0) is 15.4. The maximum Gasteiger partial charge on any atom is 0.192 e. The van der Waals surface area contributed by atoms with E-state index in [0.717, 1.165) is 25.7 Å². The fourth-order valence-corrected chi connectivity index (χ4v) is 3.74. The molecule has 2 nitrogen and oxygen atoms in total. The summed E-state index contributed by atoms with van der Waals surface area (Å²) in [6.07, 6.45) is 10.7. The third-order valence-corrected chi connectivity index (χ3v) is 9.50. The molecule has 116 valence electrons. The Morgan fingerprint density at radius 3 is 2.50 bits per heavy atom. The Balaban J connectivity index is 2.69. The molecule has 20 heavy (non-hydrogen) atoms. The van der Waals surface area contributed by atoms with E-state index in [1.54, 1.807) is 0 Å².